The Hall–Kier alpha value is -5.40. The van der Waals surface area contributed by atoms with Gasteiger partial charge in [0.1, 0.15) is 0 Å². The Kier molecular flexibility index (Phi) is 4.67. The van der Waals surface area contributed by atoms with E-state index in [2.05, 4.69) is 156 Å². The van der Waals surface area contributed by atoms with Crippen molar-refractivity contribution in [2.75, 3.05) is 0 Å². The molecule has 0 saturated heterocycles. The number of hydrogen-bond donors (Lipinski definition) is 0. The zero-order valence-electron chi connectivity index (χ0n) is 22.4. The molecule has 1 nitrogen and oxygen atoms in total. The largest absolute Gasteiger partial charge is 0.309 e. The molecule has 0 aliphatic rings. The summed E-state index contributed by atoms with van der Waals surface area (Å²) in [6.45, 7) is 0. The van der Waals surface area contributed by atoms with E-state index in [1.807, 2.05) is 0 Å². The fraction of sp³-hybridized carbons (Fsp3) is 0. The van der Waals surface area contributed by atoms with Crippen LogP contribution in [0.15, 0.2) is 152 Å². The molecule has 190 valence electrons. The first-order valence-corrected chi connectivity index (χ1v) is 14.2. The molecule has 0 spiro atoms. The van der Waals surface area contributed by atoms with Crippen LogP contribution in [0.1, 0.15) is 0 Å². The van der Waals surface area contributed by atoms with Gasteiger partial charge in [-0.25, -0.2) is 0 Å². The van der Waals surface area contributed by atoms with E-state index < -0.39 is 0 Å². The van der Waals surface area contributed by atoms with Gasteiger partial charge < -0.3 is 4.57 Å². The van der Waals surface area contributed by atoms with Crippen LogP contribution in [-0.2, 0) is 0 Å². The van der Waals surface area contributed by atoms with E-state index in [-0.39, 0.29) is 0 Å². The van der Waals surface area contributed by atoms with Crippen molar-refractivity contribution in [1.82, 2.24) is 4.57 Å². The lowest BCUT2D eigenvalue weighted by molar-refractivity contribution is 1.19. The first kappa shape index (κ1) is 22.4. The molecule has 0 bridgehead atoms. The number of nitrogens with zero attached hydrogens (tertiary/aromatic N) is 1. The molecule has 0 saturated carbocycles. The summed E-state index contributed by atoms with van der Waals surface area (Å²) < 4.78 is 2.48. The van der Waals surface area contributed by atoms with E-state index in [0.717, 1.165) is 0 Å². The first-order chi connectivity index (χ1) is 20.3. The number of aromatic nitrogens is 1. The van der Waals surface area contributed by atoms with Crippen molar-refractivity contribution >= 4 is 64.9 Å². The zero-order valence-corrected chi connectivity index (χ0v) is 22.4. The number of hydrogen-bond acceptors (Lipinski definition) is 0. The van der Waals surface area contributed by atoms with Gasteiger partial charge >= 0.3 is 0 Å². The van der Waals surface area contributed by atoms with Gasteiger partial charge in [0.15, 0.2) is 0 Å². The summed E-state index contributed by atoms with van der Waals surface area (Å²) in [5.74, 6) is 0. The molecule has 9 rings (SSSR count). The van der Waals surface area contributed by atoms with Crippen molar-refractivity contribution in [3.05, 3.63) is 152 Å². The molecule has 1 heterocycles. The quantitative estimate of drug-likeness (QED) is 0.200. The summed E-state index contributed by atoms with van der Waals surface area (Å²) in [6.07, 6.45) is 0. The van der Waals surface area contributed by atoms with Crippen LogP contribution in [0.3, 0.4) is 0 Å². The molecule has 0 aliphatic carbocycles. The van der Waals surface area contributed by atoms with Crippen molar-refractivity contribution in [1.29, 1.82) is 0 Å². The number of benzene rings is 8. The fourth-order valence-electron chi connectivity index (χ4n) is 6.91. The van der Waals surface area contributed by atoms with Crippen molar-refractivity contribution in [2.24, 2.45) is 0 Å². The van der Waals surface area contributed by atoms with Crippen molar-refractivity contribution in [3.63, 3.8) is 0 Å². The van der Waals surface area contributed by atoms with Gasteiger partial charge in [-0.05, 0) is 73.1 Å². The molecule has 1 aromatic heterocycles. The molecular weight excluding hydrogens is 494 g/mol. The highest BCUT2D eigenvalue weighted by Gasteiger charge is 2.20. The van der Waals surface area contributed by atoms with Crippen LogP contribution >= 0.6 is 0 Å². The number of para-hydroxylation sites is 1. The smallest absolute Gasteiger partial charge is 0.0626 e. The average Bonchev–Trinajstić information content (AvgIpc) is 3.40. The standard InChI is InChI=1S/C40H25N/c1-2-12-28-24-30(21-20-26(28)10-1)29-13-9-14-31(25-29)41-37-19-8-7-18-35(37)39-34-17-6-5-16-33(34)38-32-15-4-3-11-27(32)22-23-36(38)40(39)41/h1-25H. The number of fused-ring (bicyclic) bond motifs is 11. The van der Waals surface area contributed by atoms with E-state index in [4.69, 9.17) is 0 Å². The lowest BCUT2D eigenvalue weighted by Gasteiger charge is -2.15. The first-order valence-electron chi connectivity index (χ1n) is 14.2. The van der Waals surface area contributed by atoms with Crippen LogP contribution < -0.4 is 0 Å². The summed E-state index contributed by atoms with van der Waals surface area (Å²) in [5.41, 5.74) is 6.11. The molecule has 0 N–H and O–H groups in total. The minimum atomic E-state index is 1.17. The average molecular weight is 520 g/mol. The lowest BCUT2D eigenvalue weighted by atomic mass is 9.93. The molecule has 0 fully saturated rings. The van der Waals surface area contributed by atoms with Crippen molar-refractivity contribution in [3.8, 4) is 16.8 Å². The molecule has 0 unspecified atom stereocenters. The molecule has 0 amide bonds. The van der Waals surface area contributed by atoms with Crippen LogP contribution in [0.2, 0.25) is 0 Å². The molecule has 8 aromatic carbocycles. The highest BCUT2D eigenvalue weighted by molar-refractivity contribution is 6.35. The minimum Gasteiger partial charge on any atom is -0.309 e. The topological polar surface area (TPSA) is 4.93 Å². The maximum atomic E-state index is 2.48. The third-order valence-electron chi connectivity index (χ3n) is 8.71. The molecule has 0 aliphatic heterocycles. The van der Waals surface area contributed by atoms with Gasteiger partial charge in [0.25, 0.3) is 0 Å². The van der Waals surface area contributed by atoms with E-state index in [1.165, 1.54) is 81.7 Å². The third kappa shape index (κ3) is 3.24. The second-order valence-electron chi connectivity index (χ2n) is 10.9. The van der Waals surface area contributed by atoms with Crippen LogP contribution in [-0.4, -0.2) is 4.57 Å². The number of rotatable bonds is 2. The fourth-order valence-corrected chi connectivity index (χ4v) is 6.91. The lowest BCUT2D eigenvalue weighted by Crippen LogP contribution is -1.95. The maximum absolute atomic E-state index is 2.48. The SMILES string of the molecule is c1cc(-c2ccc3ccccc3c2)cc(-n2c3ccccc3c3c4ccccc4c4c5ccccc5ccc4c32)c1. The van der Waals surface area contributed by atoms with Crippen molar-refractivity contribution in [2.45, 2.75) is 0 Å². The van der Waals surface area contributed by atoms with Gasteiger partial charge in [-0.1, -0.05) is 127 Å². The van der Waals surface area contributed by atoms with Crippen LogP contribution in [0.4, 0.5) is 0 Å². The van der Waals surface area contributed by atoms with E-state index in [1.54, 1.807) is 0 Å². The highest BCUT2D eigenvalue weighted by Crippen LogP contribution is 2.44. The van der Waals surface area contributed by atoms with Crippen LogP contribution in [0.25, 0.3) is 81.7 Å². The molecule has 0 atom stereocenters. The molecule has 1 heteroatoms. The van der Waals surface area contributed by atoms with Gasteiger partial charge in [0.2, 0.25) is 0 Å². The second-order valence-corrected chi connectivity index (χ2v) is 10.9. The Balaban J connectivity index is 1.43. The van der Waals surface area contributed by atoms with Gasteiger partial charge in [-0.2, -0.15) is 0 Å². The van der Waals surface area contributed by atoms with Gasteiger partial charge in [-0.3, -0.25) is 0 Å². The Morgan fingerprint density at radius 3 is 1.83 bits per heavy atom. The van der Waals surface area contributed by atoms with Crippen LogP contribution in [0.5, 0.6) is 0 Å². The summed E-state index contributed by atoms with van der Waals surface area (Å²) >= 11 is 0. The Bertz CT molecular complexity index is 2480. The Morgan fingerprint density at radius 1 is 0.341 bits per heavy atom. The predicted octanol–water partition coefficient (Wildman–Crippen LogP) is 11.1. The normalized spacial score (nSPS) is 11.9. The third-order valence-corrected chi connectivity index (χ3v) is 8.71. The molecule has 41 heavy (non-hydrogen) atoms. The highest BCUT2D eigenvalue weighted by atomic mass is 15.0. The minimum absolute atomic E-state index is 1.17. The molecule has 9 aromatic rings. The molecular formula is C40H25N. The maximum Gasteiger partial charge on any atom is 0.0626 e. The summed E-state index contributed by atoms with van der Waals surface area (Å²) in [7, 11) is 0. The monoisotopic (exact) mass is 519 g/mol. The molecule has 0 radical (unpaired) electrons. The Morgan fingerprint density at radius 2 is 0.976 bits per heavy atom. The summed E-state index contributed by atoms with van der Waals surface area (Å²) in [6, 6.07) is 55.5. The predicted molar refractivity (Wildman–Crippen MR) is 176 cm³/mol. The zero-order chi connectivity index (χ0) is 26.9. The summed E-state index contributed by atoms with van der Waals surface area (Å²) in [5, 5.41) is 12.9. The Labute approximate surface area is 237 Å². The van der Waals surface area contributed by atoms with E-state index in [0.29, 0.717) is 0 Å². The van der Waals surface area contributed by atoms with E-state index in [9.17, 15) is 0 Å². The van der Waals surface area contributed by atoms with Crippen molar-refractivity contribution < 1.29 is 0 Å². The van der Waals surface area contributed by atoms with Gasteiger partial charge in [-0.15, -0.1) is 0 Å². The second kappa shape index (κ2) is 8.55. The van der Waals surface area contributed by atoms with E-state index >= 15 is 0 Å². The summed E-state index contributed by atoms with van der Waals surface area (Å²) in [4.78, 5) is 0. The van der Waals surface area contributed by atoms with Gasteiger partial charge in [0.05, 0.1) is 11.0 Å². The van der Waals surface area contributed by atoms with Gasteiger partial charge in [0, 0.05) is 21.8 Å². The van der Waals surface area contributed by atoms with Crippen LogP contribution in [0, 0.1) is 0 Å².